The molecule has 0 aromatic heterocycles. The third-order valence-corrected chi connectivity index (χ3v) is 6.36. The summed E-state index contributed by atoms with van der Waals surface area (Å²) in [5, 5.41) is 3.31. The molecule has 1 aliphatic carbocycles. The van der Waals surface area contributed by atoms with E-state index in [1.807, 2.05) is 25.2 Å². The third-order valence-electron chi connectivity index (χ3n) is 6.36. The maximum absolute atomic E-state index is 12.8. The number of nitrogens with zero attached hydrogens (tertiary/aromatic N) is 1. The topological polar surface area (TPSA) is 58.6 Å². The summed E-state index contributed by atoms with van der Waals surface area (Å²) in [6, 6.07) is 7.98. The number of carbonyl (C=O) groups excluding carboxylic acids is 2. The number of ether oxygens (including phenoxy) is 1. The number of hydrogen-bond donors (Lipinski definition) is 1. The molecule has 2 heterocycles. The predicted octanol–water partition coefficient (Wildman–Crippen LogP) is 3.20. The largest absolute Gasteiger partial charge is 0.487 e. The van der Waals surface area contributed by atoms with Crippen molar-refractivity contribution in [2.24, 2.45) is 5.92 Å². The molecule has 1 aromatic rings. The van der Waals surface area contributed by atoms with Crippen LogP contribution in [0.4, 0.5) is 0 Å². The molecule has 1 saturated heterocycles. The van der Waals surface area contributed by atoms with Crippen LogP contribution in [0.25, 0.3) is 0 Å². The van der Waals surface area contributed by atoms with E-state index in [1.54, 1.807) is 4.90 Å². The van der Waals surface area contributed by atoms with Crippen LogP contribution >= 0.6 is 0 Å². The first kappa shape index (κ1) is 17.4. The van der Waals surface area contributed by atoms with Crippen molar-refractivity contribution >= 4 is 11.8 Å². The number of nitrogens with one attached hydrogen (secondary N) is 1. The van der Waals surface area contributed by atoms with Gasteiger partial charge >= 0.3 is 0 Å². The molecule has 3 aliphatic rings. The van der Waals surface area contributed by atoms with E-state index >= 15 is 0 Å². The van der Waals surface area contributed by atoms with Gasteiger partial charge in [0.25, 0.3) is 0 Å². The lowest BCUT2D eigenvalue weighted by molar-refractivity contribution is -0.129. The highest BCUT2D eigenvalue weighted by molar-refractivity contribution is 5.79. The number of carbonyl (C=O) groups is 2. The molecule has 2 atom stereocenters. The van der Waals surface area contributed by atoms with Crippen LogP contribution in [0.5, 0.6) is 5.75 Å². The van der Waals surface area contributed by atoms with Gasteiger partial charge in [0.15, 0.2) is 0 Å². The number of amides is 2. The van der Waals surface area contributed by atoms with E-state index in [-0.39, 0.29) is 29.4 Å². The van der Waals surface area contributed by atoms with Crippen LogP contribution in [0.3, 0.4) is 0 Å². The average Bonchev–Trinajstić information content (AvgIpc) is 3.15. The van der Waals surface area contributed by atoms with Crippen molar-refractivity contribution in [2.45, 2.75) is 63.0 Å². The maximum Gasteiger partial charge on any atom is 0.223 e. The molecule has 1 spiro atoms. The Morgan fingerprint density at radius 1 is 1.23 bits per heavy atom. The van der Waals surface area contributed by atoms with Gasteiger partial charge in [-0.05, 0) is 25.3 Å². The van der Waals surface area contributed by atoms with E-state index in [0.29, 0.717) is 19.4 Å². The van der Waals surface area contributed by atoms with Gasteiger partial charge in [-0.3, -0.25) is 9.59 Å². The molecular weight excluding hydrogens is 328 g/mol. The average molecular weight is 356 g/mol. The Morgan fingerprint density at radius 2 is 2.00 bits per heavy atom. The quantitative estimate of drug-likeness (QED) is 0.885. The third kappa shape index (κ3) is 3.31. The summed E-state index contributed by atoms with van der Waals surface area (Å²) in [5.41, 5.74) is 0.691. The fraction of sp³-hybridized carbons (Fsp3) is 0.619. The van der Waals surface area contributed by atoms with Crippen LogP contribution in [-0.4, -0.2) is 35.9 Å². The molecular formula is C21H28N2O3. The lowest BCUT2D eigenvalue weighted by atomic mass is 9.82. The smallest absolute Gasteiger partial charge is 0.223 e. The number of hydrogen-bond acceptors (Lipinski definition) is 3. The molecule has 2 fully saturated rings. The van der Waals surface area contributed by atoms with Gasteiger partial charge in [-0.1, -0.05) is 31.0 Å². The number of fused-ring (bicyclic) bond motifs is 1. The zero-order valence-corrected chi connectivity index (χ0v) is 15.5. The molecule has 1 aromatic carbocycles. The Balaban J connectivity index is 1.58. The lowest BCUT2D eigenvalue weighted by Gasteiger charge is -2.42. The number of likely N-dealkylation sites (tertiary alicyclic amines) is 1. The number of rotatable bonds is 2. The van der Waals surface area contributed by atoms with E-state index in [4.69, 9.17) is 4.74 Å². The van der Waals surface area contributed by atoms with Gasteiger partial charge in [0.05, 0.1) is 6.04 Å². The van der Waals surface area contributed by atoms with Crippen molar-refractivity contribution in [3.05, 3.63) is 29.8 Å². The van der Waals surface area contributed by atoms with E-state index in [2.05, 4.69) is 11.4 Å². The van der Waals surface area contributed by atoms with E-state index in [9.17, 15) is 9.59 Å². The first-order valence-corrected chi connectivity index (χ1v) is 9.89. The lowest BCUT2D eigenvalue weighted by Crippen LogP contribution is -2.46. The SMILES string of the molecule is CN1CCC2(CCC1=O)CC(NC(=O)C1CCCC1)c1ccccc1O2. The second kappa shape index (κ2) is 6.93. The molecule has 140 valence electrons. The Hall–Kier alpha value is -2.04. The fourth-order valence-electron chi connectivity index (χ4n) is 4.68. The zero-order valence-electron chi connectivity index (χ0n) is 15.5. The molecule has 5 heteroatoms. The molecule has 5 nitrogen and oxygen atoms in total. The molecule has 1 saturated carbocycles. The van der Waals surface area contributed by atoms with Crippen molar-refractivity contribution in [3.8, 4) is 5.75 Å². The van der Waals surface area contributed by atoms with Crippen LogP contribution in [0.2, 0.25) is 0 Å². The summed E-state index contributed by atoms with van der Waals surface area (Å²) < 4.78 is 6.44. The fourth-order valence-corrected chi connectivity index (χ4v) is 4.68. The Kier molecular flexibility index (Phi) is 4.63. The Morgan fingerprint density at radius 3 is 2.81 bits per heavy atom. The second-order valence-corrected chi connectivity index (χ2v) is 8.13. The zero-order chi connectivity index (χ0) is 18.1. The summed E-state index contributed by atoms with van der Waals surface area (Å²) in [7, 11) is 1.86. The minimum Gasteiger partial charge on any atom is -0.487 e. The van der Waals surface area contributed by atoms with Gasteiger partial charge < -0.3 is 15.0 Å². The van der Waals surface area contributed by atoms with Gasteiger partial charge in [-0.2, -0.15) is 0 Å². The molecule has 0 bridgehead atoms. The highest BCUT2D eigenvalue weighted by Gasteiger charge is 2.43. The highest BCUT2D eigenvalue weighted by atomic mass is 16.5. The Labute approximate surface area is 155 Å². The van der Waals surface area contributed by atoms with Crippen molar-refractivity contribution in [1.29, 1.82) is 0 Å². The molecule has 1 N–H and O–H groups in total. The number of para-hydroxylation sites is 1. The maximum atomic E-state index is 12.8. The summed E-state index contributed by atoms with van der Waals surface area (Å²) in [6.45, 7) is 0.699. The van der Waals surface area contributed by atoms with Gasteiger partial charge in [-0.25, -0.2) is 0 Å². The first-order valence-electron chi connectivity index (χ1n) is 9.89. The molecule has 26 heavy (non-hydrogen) atoms. The van der Waals surface area contributed by atoms with Gasteiger partial charge in [0.2, 0.25) is 11.8 Å². The van der Waals surface area contributed by atoms with E-state index in [1.165, 1.54) is 0 Å². The molecule has 2 amide bonds. The normalized spacial score (nSPS) is 29.2. The van der Waals surface area contributed by atoms with Crippen LogP contribution in [-0.2, 0) is 9.59 Å². The number of benzene rings is 1. The summed E-state index contributed by atoms with van der Waals surface area (Å²) in [4.78, 5) is 26.7. The van der Waals surface area contributed by atoms with Crippen LogP contribution in [0.1, 0.15) is 63.0 Å². The van der Waals surface area contributed by atoms with Crippen molar-refractivity contribution < 1.29 is 14.3 Å². The molecule has 0 radical (unpaired) electrons. The second-order valence-electron chi connectivity index (χ2n) is 8.13. The highest BCUT2D eigenvalue weighted by Crippen LogP contribution is 2.44. The van der Waals surface area contributed by atoms with E-state index < -0.39 is 0 Å². The van der Waals surface area contributed by atoms with E-state index in [0.717, 1.165) is 49.8 Å². The predicted molar refractivity (Wildman–Crippen MR) is 98.7 cm³/mol. The van der Waals surface area contributed by atoms with Gasteiger partial charge in [0, 0.05) is 44.3 Å². The van der Waals surface area contributed by atoms with Crippen molar-refractivity contribution in [2.75, 3.05) is 13.6 Å². The minimum atomic E-state index is -0.373. The first-order chi connectivity index (χ1) is 12.6. The molecule has 2 aliphatic heterocycles. The molecule has 2 unspecified atom stereocenters. The van der Waals surface area contributed by atoms with Crippen molar-refractivity contribution in [3.63, 3.8) is 0 Å². The Bertz CT molecular complexity index is 698. The van der Waals surface area contributed by atoms with Gasteiger partial charge in [-0.15, -0.1) is 0 Å². The summed E-state index contributed by atoms with van der Waals surface area (Å²) in [5.74, 6) is 1.37. The van der Waals surface area contributed by atoms with Crippen LogP contribution in [0.15, 0.2) is 24.3 Å². The molecule has 4 rings (SSSR count). The van der Waals surface area contributed by atoms with Gasteiger partial charge in [0.1, 0.15) is 11.4 Å². The van der Waals surface area contributed by atoms with Crippen molar-refractivity contribution in [1.82, 2.24) is 10.2 Å². The monoisotopic (exact) mass is 356 g/mol. The summed E-state index contributed by atoms with van der Waals surface area (Å²) in [6.07, 6.45) is 7.06. The standard InChI is InChI=1S/C21H28N2O3/c1-23-13-12-21(11-10-19(23)24)14-17(16-8-4-5-9-18(16)26-21)22-20(25)15-6-2-3-7-15/h4-5,8-9,15,17H,2-3,6-7,10-14H2,1H3,(H,22,25). The van der Waals surface area contributed by atoms with Crippen LogP contribution in [0, 0.1) is 5.92 Å². The minimum absolute atomic E-state index is 0.0356. The van der Waals surface area contributed by atoms with Crippen LogP contribution < -0.4 is 10.1 Å². The summed E-state index contributed by atoms with van der Waals surface area (Å²) >= 11 is 0.